The number of hydrogen-bond acceptors (Lipinski definition) is 2. The number of rotatable bonds is 5. The maximum atomic E-state index is 12.1. The Labute approximate surface area is 117 Å². The Morgan fingerprint density at radius 3 is 2.72 bits per heavy atom. The van der Waals surface area contributed by atoms with Crippen molar-refractivity contribution in [3.63, 3.8) is 0 Å². The molecule has 0 atom stereocenters. The summed E-state index contributed by atoms with van der Waals surface area (Å²) in [5, 5.41) is 2.91. The third-order valence-corrected chi connectivity index (χ3v) is 3.58. The summed E-state index contributed by atoms with van der Waals surface area (Å²) in [6.45, 7) is 8.92. The van der Waals surface area contributed by atoms with Gasteiger partial charge >= 0.3 is 0 Å². The van der Waals surface area contributed by atoms with E-state index in [0.29, 0.717) is 18.7 Å². The second-order valence-electron chi connectivity index (χ2n) is 4.79. The Hall–Kier alpha value is -0.870. The van der Waals surface area contributed by atoms with Crippen molar-refractivity contribution in [1.82, 2.24) is 5.32 Å². The largest absolute Gasteiger partial charge is 0.374 e. The Morgan fingerprint density at radius 2 is 2.11 bits per heavy atom. The fourth-order valence-electron chi connectivity index (χ4n) is 1.68. The van der Waals surface area contributed by atoms with E-state index in [-0.39, 0.29) is 11.5 Å². The minimum absolute atomic E-state index is 0.0680. The van der Waals surface area contributed by atoms with Gasteiger partial charge in [0.25, 0.3) is 5.91 Å². The first kappa shape index (κ1) is 15.2. The molecule has 100 valence electrons. The standard InChI is InChI=1S/C14H20BrNO2/c1-5-18-14(3,4)9-16-13(17)11-7-6-8-12(15)10(11)2/h6-8H,5,9H2,1-4H3,(H,16,17). The van der Waals surface area contributed by atoms with Crippen LogP contribution in [0.1, 0.15) is 36.7 Å². The average molecular weight is 314 g/mol. The number of amides is 1. The molecule has 0 aliphatic rings. The fourth-order valence-corrected chi connectivity index (χ4v) is 2.05. The van der Waals surface area contributed by atoms with E-state index >= 15 is 0 Å². The molecule has 0 aliphatic heterocycles. The molecule has 0 aliphatic carbocycles. The van der Waals surface area contributed by atoms with E-state index in [1.54, 1.807) is 0 Å². The van der Waals surface area contributed by atoms with Gasteiger partial charge in [0.2, 0.25) is 0 Å². The van der Waals surface area contributed by atoms with Crippen LogP contribution in [0.5, 0.6) is 0 Å². The smallest absolute Gasteiger partial charge is 0.251 e. The van der Waals surface area contributed by atoms with E-state index in [2.05, 4.69) is 21.2 Å². The number of carbonyl (C=O) groups is 1. The van der Waals surface area contributed by atoms with Crippen LogP contribution in [0.3, 0.4) is 0 Å². The van der Waals surface area contributed by atoms with Gasteiger partial charge in [0.1, 0.15) is 0 Å². The molecule has 0 radical (unpaired) electrons. The minimum Gasteiger partial charge on any atom is -0.374 e. The summed E-state index contributed by atoms with van der Waals surface area (Å²) in [5.41, 5.74) is 1.30. The van der Waals surface area contributed by atoms with Gasteiger partial charge in [-0.25, -0.2) is 0 Å². The molecule has 18 heavy (non-hydrogen) atoms. The van der Waals surface area contributed by atoms with E-state index in [1.165, 1.54) is 0 Å². The lowest BCUT2D eigenvalue weighted by atomic mass is 10.1. The summed E-state index contributed by atoms with van der Waals surface area (Å²) < 4.78 is 6.49. The van der Waals surface area contributed by atoms with Crippen LogP contribution in [0.4, 0.5) is 0 Å². The summed E-state index contributed by atoms with van der Waals surface area (Å²) in [5.74, 6) is -0.0680. The lowest BCUT2D eigenvalue weighted by Crippen LogP contribution is -2.40. The van der Waals surface area contributed by atoms with Crippen LogP contribution in [-0.4, -0.2) is 24.7 Å². The summed E-state index contributed by atoms with van der Waals surface area (Å²) in [4.78, 5) is 12.1. The van der Waals surface area contributed by atoms with Crippen LogP contribution < -0.4 is 5.32 Å². The highest BCUT2D eigenvalue weighted by atomic mass is 79.9. The SMILES string of the molecule is CCOC(C)(C)CNC(=O)c1cccc(Br)c1C. The highest BCUT2D eigenvalue weighted by Gasteiger charge is 2.19. The van der Waals surface area contributed by atoms with Crippen molar-refractivity contribution < 1.29 is 9.53 Å². The van der Waals surface area contributed by atoms with Gasteiger partial charge in [-0.05, 0) is 45.4 Å². The quantitative estimate of drug-likeness (QED) is 0.905. The second-order valence-corrected chi connectivity index (χ2v) is 5.64. The van der Waals surface area contributed by atoms with E-state index in [9.17, 15) is 4.79 Å². The van der Waals surface area contributed by atoms with Gasteiger partial charge in [0, 0.05) is 23.2 Å². The molecule has 4 heteroatoms. The van der Waals surface area contributed by atoms with Crippen LogP contribution in [0.25, 0.3) is 0 Å². The van der Waals surface area contributed by atoms with Crippen LogP contribution in [0.15, 0.2) is 22.7 Å². The molecule has 0 spiro atoms. The molecule has 0 saturated heterocycles. The third-order valence-electron chi connectivity index (χ3n) is 2.72. The summed E-state index contributed by atoms with van der Waals surface area (Å²) in [6.07, 6.45) is 0. The van der Waals surface area contributed by atoms with Crippen molar-refractivity contribution in [2.24, 2.45) is 0 Å². The Morgan fingerprint density at radius 1 is 1.44 bits per heavy atom. The highest BCUT2D eigenvalue weighted by molar-refractivity contribution is 9.10. The molecular weight excluding hydrogens is 294 g/mol. The molecule has 1 amide bonds. The van der Waals surface area contributed by atoms with Gasteiger partial charge in [-0.1, -0.05) is 22.0 Å². The zero-order chi connectivity index (χ0) is 13.8. The van der Waals surface area contributed by atoms with Crippen LogP contribution >= 0.6 is 15.9 Å². The van der Waals surface area contributed by atoms with Crippen molar-refractivity contribution in [2.45, 2.75) is 33.3 Å². The van der Waals surface area contributed by atoms with Crippen molar-refractivity contribution in [2.75, 3.05) is 13.2 Å². The zero-order valence-electron chi connectivity index (χ0n) is 11.3. The van der Waals surface area contributed by atoms with Crippen molar-refractivity contribution in [3.8, 4) is 0 Å². The molecule has 1 rings (SSSR count). The number of hydrogen-bond donors (Lipinski definition) is 1. The van der Waals surface area contributed by atoms with E-state index < -0.39 is 0 Å². The third kappa shape index (κ3) is 4.10. The molecule has 1 N–H and O–H groups in total. The summed E-state index contributed by atoms with van der Waals surface area (Å²) >= 11 is 3.43. The summed E-state index contributed by atoms with van der Waals surface area (Å²) in [7, 11) is 0. The first-order chi connectivity index (χ1) is 8.37. The molecule has 0 heterocycles. The van der Waals surface area contributed by atoms with Crippen molar-refractivity contribution in [3.05, 3.63) is 33.8 Å². The topological polar surface area (TPSA) is 38.3 Å². The predicted octanol–water partition coefficient (Wildman–Crippen LogP) is 3.30. The lowest BCUT2D eigenvalue weighted by Gasteiger charge is -2.25. The molecule has 0 bridgehead atoms. The molecule has 1 aromatic rings. The number of carbonyl (C=O) groups excluding carboxylic acids is 1. The second kappa shape index (κ2) is 6.34. The van der Waals surface area contributed by atoms with Gasteiger partial charge in [0.05, 0.1) is 5.60 Å². The number of ether oxygens (including phenoxy) is 1. The maximum Gasteiger partial charge on any atom is 0.251 e. The van der Waals surface area contributed by atoms with Gasteiger partial charge in [0.15, 0.2) is 0 Å². The van der Waals surface area contributed by atoms with Crippen LogP contribution in [0, 0.1) is 6.92 Å². The molecule has 3 nitrogen and oxygen atoms in total. The highest BCUT2D eigenvalue weighted by Crippen LogP contribution is 2.19. The van der Waals surface area contributed by atoms with Gasteiger partial charge in [-0.2, -0.15) is 0 Å². The molecule has 0 unspecified atom stereocenters. The average Bonchev–Trinajstić information content (AvgIpc) is 2.30. The van der Waals surface area contributed by atoms with Gasteiger partial charge in [-0.15, -0.1) is 0 Å². The first-order valence-electron chi connectivity index (χ1n) is 6.04. The van der Waals surface area contributed by atoms with Crippen LogP contribution in [-0.2, 0) is 4.74 Å². The minimum atomic E-state index is -0.343. The molecule has 1 aromatic carbocycles. The normalized spacial score (nSPS) is 11.4. The van der Waals surface area contributed by atoms with Gasteiger partial charge in [-0.3, -0.25) is 4.79 Å². The number of benzene rings is 1. The van der Waals surface area contributed by atoms with E-state index in [1.807, 2.05) is 45.9 Å². The maximum absolute atomic E-state index is 12.1. The lowest BCUT2D eigenvalue weighted by molar-refractivity contribution is -0.00816. The van der Waals surface area contributed by atoms with E-state index in [0.717, 1.165) is 10.0 Å². The zero-order valence-corrected chi connectivity index (χ0v) is 12.9. The van der Waals surface area contributed by atoms with E-state index in [4.69, 9.17) is 4.74 Å². The number of halogens is 1. The van der Waals surface area contributed by atoms with Crippen molar-refractivity contribution >= 4 is 21.8 Å². The van der Waals surface area contributed by atoms with Gasteiger partial charge < -0.3 is 10.1 Å². The molecule has 0 fully saturated rings. The Kier molecular flexibility index (Phi) is 5.35. The first-order valence-corrected chi connectivity index (χ1v) is 6.84. The van der Waals surface area contributed by atoms with Crippen LogP contribution in [0.2, 0.25) is 0 Å². The molecule has 0 saturated carbocycles. The monoisotopic (exact) mass is 313 g/mol. The Balaban J connectivity index is 2.69. The molecular formula is C14H20BrNO2. The summed E-state index contributed by atoms with van der Waals surface area (Å²) in [6, 6.07) is 5.61. The fraction of sp³-hybridized carbons (Fsp3) is 0.500. The Bertz CT molecular complexity index is 430. The van der Waals surface area contributed by atoms with Crippen molar-refractivity contribution in [1.29, 1.82) is 0 Å². The predicted molar refractivity (Wildman–Crippen MR) is 76.9 cm³/mol. The molecule has 0 aromatic heterocycles. The number of nitrogens with one attached hydrogen (secondary N) is 1.